The molecule has 1 N–H and O–H groups in total. The van der Waals surface area contributed by atoms with E-state index in [2.05, 4.69) is 20.1 Å². The van der Waals surface area contributed by atoms with Gasteiger partial charge in [0.2, 0.25) is 10.0 Å². The molecule has 2 heterocycles. The van der Waals surface area contributed by atoms with Crippen LogP contribution in [0.2, 0.25) is 0 Å². The lowest BCUT2D eigenvalue weighted by Crippen LogP contribution is -2.37. The van der Waals surface area contributed by atoms with Gasteiger partial charge in [0.25, 0.3) is 0 Å². The number of aryl methyl sites for hydroxylation is 1. The predicted octanol–water partition coefficient (Wildman–Crippen LogP) is 1.62. The molecular weight excluding hydrogens is 366 g/mol. The zero-order valence-corrected chi connectivity index (χ0v) is 16.9. The van der Waals surface area contributed by atoms with Gasteiger partial charge in [-0.3, -0.25) is 10.00 Å². The Morgan fingerprint density at radius 1 is 1.30 bits per heavy atom. The molecule has 1 aliphatic heterocycles. The summed E-state index contributed by atoms with van der Waals surface area (Å²) < 4.78 is 31.2. The Labute approximate surface area is 160 Å². The summed E-state index contributed by atoms with van der Waals surface area (Å²) in [7, 11) is -0.368. The molecule has 0 radical (unpaired) electrons. The van der Waals surface area contributed by atoms with Crippen LogP contribution in [0.4, 0.5) is 0 Å². The van der Waals surface area contributed by atoms with Crippen molar-refractivity contribution in [3.05, 3.63) is 35.9 Å². The number of benzene rings is 1. The van der Waals surface area contributed by atoms with E-state index in [0.29, 0.717) is 18.3 Å². The fraction of sp³-hybridized carbons (Fsp3) is 0.556. The first-order valence-corrected chi connectivity index (χ1v) is 10.6. The second-order valence-electron chi connectivity index (χ2n) is 7.03. The van der Waals surface area contributed by atoms with Gasteiger partial charge < -0.3 is 4.74 Å². The van der Waals surface area contributed by atoms with Gasteiger partial charge in [-0.2, -0.15) is 5.10 Å². The van der Waals surface area contributed by atoms with Gasteiger partial charge >= 0.3 is 0 Å². The Hall–Kier alpha value is -1.97. The van der Waals surface area contributed by atoms with Crippen molar-refractivity contribution in [2.45, 2.75) is 30.6 Å². The smallest absolute Gasteiger partial charge is 0.242 e. The van der Waals surface area contributed by atoms with E-state index >= 15 is 0 Å². The molecule has 9 heteroatoms. The number of rotatable bonds is 7. The van der Waals surface area contributed by atoms with Crippen LogP contribution in [0.5, 0.6) is 5.75 Å². The lowest BCUT2D eigenvalue weighted by Gasteiger charge is -2.31. The summed E-state index contributed by atoms with van der Waals surface area (Å²) >= 11 is 0. The van der Waals surface area contributed by atoms with Crippen LogP contribution in [0.15, 0.2) is 29.2 Å². The number of ether oxygens (including phenoxy) is 1. The molecule has 1 atom stereocenters. The Balaban J connectivity index is 1.49. The third kappa shape index (κ3) is 4.85. The minimum absolute atomic E-state index is 0.264. The fourth-order valence-corrected chi connectivity index (χ4v) is 4.12. The number of nitrogens with zero attached hydrogens (tertiary/aromatic N) is 4. The van der Waals surface area contributed by atoms with E-state index in [1.165, 1.54) is 18.4 Å². The summed E-state index contributed by atoms with van der Waals surface area (Å²) in [4.78, 5) is 7.09. The maximum Gasteiger partial charge on any atom is 0.242 e. The molecule has 0 spiro atoms. The molecule has 3 rings (SSSR count). The van der Waals surface area contributed by atoms with Gasteiger partial charge in [0, 0.05) is 33.1 Å². The first kappa shape index (κ1) is 19.8. The van der Waals surface area contributed by atoms with Crippen LogP contribution in [0.25, 0.3) is 0 Å². The van der Waals surface area contributed by atoms with Crippen molar-refractivity contribution in [3.8, 4) is 5.75 Å². The van der Waals surface area contributed by atoms with Crippen LogP contribution in [0.3, 0.4) is 0 Å². The molecule has 1 aromatic heterocycles. The molecule has 2 aromatic rings. The number of H-pyrrole nitrogens is 1. The predicted molar refractivity (Wildman–Crippen MR) is 102 cm³/mol. The number of aromatic nitrogens is 3. The zero-order chi connectivity index (χ0) is 19.4. The number of likely N-dealkylation sites (tertiary alicyclic amines) is 1. The van der Waals surface area contributed by atoms with Crippen molar-refractivity contribution < 1.29 is 13.2 Å². The second-order valence-corrected chi connectivity index (χ2v) is 9.18. The van der Waals surface area contributed by atoms with Crippen molar-refractivity contribution in [2.75, 3.05) is 40.3 Å². The quantitative estimate of drug-likeness (QED) is 0.769. The molecule has 8 nitrogen and oxygen atoms in total. The first-order chi connectivity index (χ1) is 12.9. The van der Waals surface area contributed by atoms with E-state index in [1.807, 2.05) is 6.92 Å². The molecule has 1 saturated heterocycles. The Morgan fingerprint density at radius 2 is 2.04 bits per heavy atom. The van der Waals surface area contributed by atoms with E-state index < -0.39 is 10.0 Å². The molecule has 1 aliphatic rings. The summed E-state index contributed by atoms with van der Waals surface area (Å²) in [6.07, 6.45) is 2.23. The van der Waals surface area contributed by atoms with Gasteiger partial charge in [-0.05, 0) is 50.6 Å². The highest BCUT2D eigenvalue weighted by molar-refractivity contribution is 7.89. The summed E-state index contributed by atoms with van der Waals surface area (Å²) in [5.74, 6) is 2.78. The molecule has 0 aliphatic carbocycles. The number of aromatic amines is 1. The highest BCUT2D eigenvalue weighted by atomic mass is 32.2. The maximum absolute atomic E-state index is 12.1. The first-order valence-electron chi connectivity index (χ1n) is 9.13. The maximum atomic E-state index is 12.1. The Morgan fingerprint density at radius 3 is 2.67 bits per heavy atom. The number of hydrogen-bond acceptors (Lipinski definition) is 6. The summed E-state index contributed by atoms with van der Waals surface area (Å²) in [5.41, 5.74) is 0. The van der Waals surface area contributed by atoms with Crippen LogP contribution < -0.4 is 4.74 Å². The van der Waals surface area contributed by atoms with Crippen molar-refractivity contribution in [2.24, 2.45) is 0 Å². The number of nitrogens with one attached hydrogen (secondary N) is 1. The minimum atomic E-state index is -3.41. The number of hydrogen-bond donors (Lipinski definition) is 1. The fourth-order valence-electron chi connectivity index (χ4n) is 3.22. The van der Waals surface area contributed by atoms with E-state index in [4.69, 9.17) is 4.74 Å². The number of sulfonamides is 1. The molecule has 0 amide bonds. The van der Waals surface area contributed by atoms with Gasteiger partial charge in [0.1, 0.15) is 18.2 Å². The standard InChI is InChI=1S/C18H27N5O3S/c1-14-19-18(21-20-14)15-5-4-10-23(13-15)11-12-26-16-6-8-17(9-7-16)27(24,25)22(2)3/h6-9,15H,4-5,10-13H2,1-3H3,(H,19,20,21)/t15-/m0/s1. The molecular formula is C18H27N5O3S. The molecule has 148 valence electrons. The molecule has 27 heavy (non-hydrogen) atoms. The van der Waals surface area contributed by atoms with Gasteiger partial charge in [-0.25, -0.2) is 17.7 Å². The van der Waals surface area contributed by atoms with Gasteiger partial charge in [0.05, 0.1) is 4.90 Å². The van der Waals surface area contributed by atoms with Crippen molar-refractivity contribution >= 4 is 10.0 Å². The number of piperidine rings is 1. The van der Waals surface area contributed by atoms with Crippen molar-refractivity contribution in [1.29, 1.82) is 0 Å². The average molecular weight is 394 g/mol. The lowest BCUT2D eigenvalue weighted by molar-refractivity contribution is 0.168. The molecule has 0 saturated carbocycles. The second kappa shape index (κ2) is 8.37. The third-order valence-corrected chi connectivity index (χ3v) is 6.59. The van der Waals surface area contributed by atoms with Crippen molar-refractivity contribution in [1.82, 2.24) is 24.4 Å². The van der Waals surface area contributed by atoms with Crippen LogP contribution in [-0.2, 0) is 10.0 Å². The minimum Gasteiger partial charge on any atom is -0.492 e. The Bertz CT molecular complexity index is 848. The molecule has 0 bridgehead atoms. The topological polar surface area (TPSA) is 91.4 Å². The zero-order valence-electron chi connectivity index (χ0n) is 16.1. The van der Waals surface area contributed by atoms with E-state index in [1.54, 1.807) is 24.3 Å². The largest absolute Gasteiger partial charge is 0.492 e. The highest BCUT2D eigenvalue weighted by Crippen LogP contribution is 2.24. The average Bonchev–Trinajstić information content (AvgIpc) is 3.09. The summed E-state index contributed by atoms with van der Waals surface area (Å²) in [6, 6.07) is 6.55. The lowest BCUT2D eigenvalue weighted by atomic mass is 9.97. The van der Waals surface area contributed by atoms with Crippen LogP contribution in [0.1, 0.15) is 30.4 Å². The SMILES string of the molecule is Cc1nc([C@H]2CCCN(CCOc3ccc(S(=O)(=O)N(C)C)cc3)C2)n[nH]1. The third-order valence-electron chi connectivity index (χ3n) is 4.76. The van der Waals surface area contributed by atoms with Crippen LogP contribution >= 0.6 is 0 Å². The molecule has 1 fully saturated rings. The Kier molecular flexibility index (Phi) is 6.13. The van der Waals surface area contributed by atoms with Crippen LogP contribution in [0, 0.1) is 6.92 Å². The summed E-state index contributed by atoms with van der Waals surface area (Å²) in [5, 5.41) is 7.21. The van der Waals surface area contributed by atoms with E-state index in [-0.39, 0.29) is 4.90 Å². The van der Waals surface area contributed by atoms with E-state index in [9.17, 15) is 8.42 Å². The monoisotopic (exact) mass is 393 g/mol. The summed E-state index contributed by atoms with van der Waals surface area (Å²) in [6.45, 7) is 5.26. The van der Waals surface area contributed by atoms with Gasteiger partial charge in [-0.15, -0.1) is 0 Å². The highest BCUT2D eigenvalue weighted by Gasteiger charge is 2.24. The normalized spacial score (nSPS) is 18.7. The van der Waals surface area contributed by atoms with Gasteiger partial charge in [0.15, 0.2) is 5.82 Å². The van der Waals surface area contributed by atoms with Crippen molar-refractivity contribution in [3.63, 3.8) is 0 Å². The van der Waals surface area contributed by atoms with Gasteiger partial charge in [-0.1, -0.05) is 0 Å². The van der Waals surface area contributed by atoms with E-state index in [0.717, 1.165) is 44.1 Å². The molecule has 1 aromatic carbocycles. The molecule has 0 unspecified atom stereocenters. The van der Waals surface area contributed by atoms with Crippen LogP contribution in [-0.4, -0.2) is 73.1 Å².